The van der Waals surface area contributed by atoms with Gasteiger partial charge in [0.25, 0.3) is 0 Å². The molecule has 1 aromatic heterocycles. The Morgan fingerprint density at radius 1 is 1.12 bits per heavy atom. The third-order valence-electron chi connectivity index (χ3n) is 6.07. The summed E-state index contributed by atoms with van der Waals surface area (Å²) in [5.41, 5.74) is 1.83. The van der Waals surface area contributed by atoms with E-state index in [0.717, 1.165) is 48.4 Å². The Kier molecular flexibility index (Phi) is 5.54. The molecule has 140 valence electrons. The lowest BCUT2D eigenvalue weighted by Crippen LogP contribution is -2.46. The number of para-hydroxylation sites is 1. The molecule has 2 aromatic rings. The molecule has 1 aromatic carbocycles. The van der Waals surface area contributed by atoms with Crippen molar-refractivity contribution in [2.45, 2.75) is 57.4 Å². The maximum atomic E-state index is 12.4. The molecule has 1 aliphatic heterocycles. The fourth-order valence-corrected chi connectivity index (χ4v) is 4.58. The summed E-state index contributed by atoms with van der Waals surface area (Å²) < 4.78 is 0. The molecule has 26 heavy (non-hydrogen) atoms. The van der Waals surface area contributed by atoms with Crippen LogP contribution in [0.25, 0.3) is 10.9 Å². The number of likely N-dealkylation sites (tertiary alicyclic amines) is 1. The van der Waals surface area contributed by atoms with Crippen LogP contribution in [-0.4, -0.2) is 46.7 Å². The average molecular weight is 354 g/mol. The van der Waals surface area contributed by atoms with Gasteiger partial charge in [-0.25, -0.2) is 0 Å². The number of amides is 1. The summed E-state index contributed by atoms with van der Waals surface area (Å²) in [7, 11) is 0. The lowest BCUT2D eigenvalue weighted by atomic mass is 9.88. The summed E-state index contributed by atoms with van der Waals surface area (Å²) >= 11 is 0. The van der Waals surface area contributed by atoms with E-state index in [-0.39, 0.29) is 5.91 Å². The molecule has 2 aliphatic rings. The van der Waals surface area contributed by atoms with Crippen molar-refractivity contribution in [3.63, 3.8) is 0 Å². The van der Waals surface area contributed by atoms with E-state index in [9.17, 15) is 4.79 Å². The van der Waals surface area contributed by atoms with Gasteiger partial charge < -0.3 is 10.2 Å². The Labute approximate surface area is 155 Å². The second-order valence-electron chi connectivity index (χ2n) is 8.04. The molecular formula is C21H30N4O. The van der Waals surface area contributed by atoms with Crippen LogP contribution < -0.4 is 5.32 Å². The first-order valence-electron chi connectivity index (χ1n) is 10.2. The van der Waals surface area contributed by atoms with Crippen LogP contribution in [-0.2, 0) is 11.2 Å². The number of piperidine rings is 1. The lowest BCUT2D eigenvalue weighted by Gasteiger charge is -2.35. The number of fused-ring (bicyclic) bond motifs is 1. The quantitative estimate of drug-likeness (QED) is 0.866. The van der Waals surface area contributed by atoms with E-state index >= 15 is 0 Å². The SMILES string of the molecule is O=C(Cc1[nH]nc2ccccc12)NC1CCN(CC2CCCCC2)CC1. The minimum Gasteiger partial charge on any atom is -0.353 e. The van der Waals surface area contributed by atoms with E-state index in [1.54, 1.807) is 0 Å². The van der Waals surface area contributed by atoms with E-state index in [1.165, 1.54) is 38.6 Å². The Hall–Kier alpha value is -1.88. The number of rotatable bonds is 5. The van der Waals surface area contributed by atoms with Gasteiger partial charge in [0, 0.05) is 31.1 Å². The first kappa shape index (κ1) is 17.5. The second-order valence-corrected chi connectivity index (χ2v) is 8.04. The molecule has 4 rings (SSSR count). The standard InChI is InChI=1S/C21H30N4O/c26-21(14-20-18-8-4-5-9-19(18)23-24-20)22-17-10-12-25(13-11-17)15-16-6-2-1-3-7-16/h4-5,8-9,16-17H,1-3,6-7,10-15H2,(H,22,26)(H,23,24). The lowest BCUT2D eigenvalue weighted by molar-refractivity contribution is -0.121. The Bertz CT molecular complexity index is 726. The molecular weight excluding hydrogens is 324 g/mol. The minimum absolute atomic E-state index is 0.102. The second kappa shape index (κ2) is 8.21. The number of nitrogens with one attached hydrogen (secondary N) is 2. The van der Waals surface area contributed by atoms with Gasteiger partial charge in [0.2, 0.25) is 5.91 Å². The monoisotopic (exact) mass is 354 g/mol. The number of aromatic nitrogens is 2. The number of benzene rings is 1. The number of hydrogen-bond donors (Lipinski definition) is 2. The van der Waals surface area contributed by atoms with Crippen LogP contribution in [0.4, 0.5) is 0 Å². The van der Waals surface area contributed by atoms with Gasteiger partial charge in [0.1, 0.15) is 0 Å². The number of H-pyrrole nitrogens is 1. The largest absolute Gasteiger partial charge is 0.353 e. The fourth-order valence-electron chi connectivity index (χ4n) is 4.58. The van der Waals surface area contributed by atoms with Gasteiger partial charge in [-0.3, -0.25) is 9.89 Å². The normalized spacial score (nSPS) is 20.5. The summed E-state index contributed by atoms with van der Waals surface area (Å²) in [5, 5.41) is 11.6. The molecule has 0 atom stereocenters. The highest BCUT2D eigenvalue weighted by Crippen LogP contribution is 2.25. The topological polar surface area (TPSA) is 61.0 Å². The van der Waals surface area contributed by atoms with Gasteiger partial charge in [-0.1, -0.05) is 37.5 Å². The van der Waals surface area contributed by atoms with Crippen molar-refractivity contribution in [1.29, 1.82) is 0 Å². The van der Waals surface area contributed by atoms with Crippen LogP contribution in [0.2, 0.25) is 0 Å². The first-order chi connectivity index (χ1) is 12.8. The third kappa shape index (κ3) is 4.26. The van der Waals surface area contributed by atoms with Gasteiger partial charge in [-0.15, -0.1) is 0 Å². The fraction of sp³-hybridized carbons (Fsp3) is 0.619. The van der Waals surface area contributed by atoms with Crippen molar-refractivity contribution in [1.82, 2.24) is 20.4 Å². The molecule has 0 spiro atoms. The van der Waals surface area contributed by atoms with Crippen LogP contribution in [0.1, 0.15) is 50.6 Å². The highest BCUT2D eigenvalue weighted by Gasteiger charge is 2.24. The van der Waals surface area contributed by atoms with Crippen LogP contribution in [0.15, 0.2) is 24.3 Å². The molecule has 5 heteroatoms. The summed E-state index contributed by atoms with van der Waals surface area (Å²) in [4.78, 5) is 15.1. The van der Waals surface area contributed by atoms with Gasteiger partial charge in [-0.2, -0.15) is 5.10 Å². The number of hydrogen-bond acceptors (Lipinski definition) is 3. The van der Waals surface area contributed by atoms with Gasteiger partial charge in [0.15, 0.2) is 0 Å². The molecule has 0 radical (unpaired) electrons. The van der Waals surface area contributed by atoms with E-state index in [2.05, 4.69) is 20.4 Å². The molecule has 2 N–H and O–H groups in total. The molecule has 1 saturated heterocycles. The average Bonchev–Trinajstić information content (AvgIpc) is 3.07. The zero-order chi connectivity index (χ0) is 17.8. The Morgan fingerprint density at radius 3 is 2.69 bits per heavy atom. The number of aromatic amines is 1. The van der Waals surface area contributed by atoms with Gasteiger partial charge >= 0.3 is 0 Å². The highest BCUT2D eigenvalue weighted by molar-refractivity contribution is 5.87. The molecule has 0 unspecified atom stereocenters. The van der Waals surface area contributed by atoms with E-state index in [1.807, 2.05) is 24.3 Å². The summed E-state index contributed by atoms with van der Waals surface area (Å²) in [6, 6.07) is 8.26. The van der Waals surface area contributed by atoms with E-state index in [4.69, 9.17) is 0 Å². The minimum atomic E-state index is 0.102. The van der Waals surface area contributed by atoms with Crippen molar-refractivity contribution >= 4 is 16.8 Å². The predicted molar refractivity (Wildman–Crippen MR) is 104 cm³/mol. The number of carbonyl (C=O) groups is 1. The summed E-state index contributed by atoms with van der Waals surface area (Å²) in [6.07, 6.45) is 9.60. The maximum absolute atomic E-state index is 12.4. The van der Waals surface area contributed by atoms with Crippen molar-refractivity contribution in [3.8, 4) is 0 Å². The van der Waals surface area contributed by atoms with Crippen LogP contribution in [0.5, 0.6) is 0 Å². The number of carbonyl (C=O) groups excluding carboxylic acids is 1. The molecule has 1 aliphatic carbocycles. The molecule has 2 heterocycles. The Morgan fingerprint density at radius 2 is 1.88 bits per heavy atom. The van der Waals surface area contributed by atoms with Crippen LogP contribution in [0, 0.1) is 5.92 Å². The molecule has 2 fully saturated rings. The zero-order valence-electron chi connectivity index (χ0n) is 15.5. The van der Waals surface area contributed by atoms with Crippen molar-refractivity contribution < 1.29 is 4.79 Å². The first-order valence-corrected chi connectivity index (χ1v) is 10.2. The summed E-state index contributed by atoms with van der Waals surface area (Å²) in [5.74, 6) is 1.01. The van der Waals surface area contributed by atoms with Crippen molar-refractivity contribution in [2.24, 2.45) is 5.92 Å². The van der Waals surface area contributed by atoms with E-state index in [0.29, 0.717) is 12.5 Å². The smallest absolute Gasteiger partial charge is 0.226 e. The van der Waals surface area contributed by atoms with Crippen molar-refractivity contribution in [3.05, 3.63) is 30.0 Å². The molecule has 1 amide bonds. The molecule has 5 nitrogen and oxygen atoms in total. The van der Waals surface area contributed by atoms with Crippen LogP contribution in [0.3, 0.4) is 0 Å². The van der Waals surface area contributed by atoms with Gasteiger partial charge in [-0.05, 0) is 37.7 Å². The van der Waals surface area contributed by atoms with E-state index < -0.39 is 0 Å². The molecule has 1 saturated carbocycles. The maximum Gasteiger partial charge on any atom is 0.226 e. The Balaban J connectivity index is 1.23. The predicted octanol–water partition coefficient (Wildman–Crippen LogP) is 3.27. The van der Waals surface area contributed by atoms with Gasteiger partial charge in [0.05, 0.1) is 17.6 Å². The molecule has 0 bridgehead atoms. The highest BCUT2D eigenvalue weighted by atomic mass is 16.1. The number of nitrogens with zero attached hydrogens (tertiary/aromatic N) is 2. The van der Waals surface area contributed by atoms with Crippen molar-refractivity contribution in [2.75, 3.05) is 19.6 Å². The summed E-state index contributed by atoms with van der Waals surface area (Å²) in [6.45, 7) is 3.50. The van der Waals surface area contributed by atoms with Crippen LogP contribution >= 0.6 is 0 Å². The third-order valence-corrected chi connectivity index (χ3v) is 6.07. The zero-order valence-corrected chi connectivity index (χ0v) is 15.5.